The lowest BCUT2D eigenvalue weighted by atomic mass is 10.0. The van der Waals surface area contributed by atoms with E-state index in [2.05, 4.69) is 40.0 Å². The van der Waals surface area contributed by atoms with Crippen LogP contribution < -0.4 is 10.7 Å². The highest BCUT2D eigenvalue weighted by atomic mass is 32.2. The maximum Gasteiger partial charge on any atom is 0.236 e. The average Bonchev–Trinajstić information content (AvgIpc) is 3.07. The van der Waals surface area contributed by atoms with E-state index in [4.69, 9.17) is 0 Å². The number of fused-ring (bicyclic) bond motifs is 1. The van der Waals surface area contributed by atoms with Crippen LogP contribution in [0.3, 0.4) is 0 Å². The Bertz CT molecular complexity index is 939. The molecule has 0 saturated carbocycles. The van der Waals surface area contributed by atoms with Crippen LogP contribution in [0.4, 0.5) is 0 Å². The molecule has 2 N–H and O–H groups in total. The van der Waals surface area contributed by atoms with Gasteiger partial charge in [-0.05, 0) is 25.0 Å². The molecule has 0 unspecified atom stereocenters. The number of benzene rings is 2. The second kappa shape index (κ2) is 7.44. The number of hydrogen-bond donors (Lipinski definition) is 2. The molecule has 3 aromatic rings. The molecule has 2 atom stereocenters. The lowest BCUT2D eigenvalue weighted by Gasteiger charge is -2.32. The SMILES string of the molecule is Cc1ccc(CNC(=O)[C@H]2Sc3nnc(C)n3N[C@H]2c2ccccc2)cc1. The highest BCUT2D eigenvalue weighted by Gasteiger charge is 2.37. The van der Waals surface area contributed by atoms with Gasteiger partial charge < -0.3 is 10.7 Å². The summed E-state index contributed by atoms with van der Waals surface area (Å²) in [6, 6.07) is 18.0. The minimum Gasteiger partial charge on any atom is -0.351 e. The van der Waals surface area contributed by atoms with E-state index < -0.39 is 0 Å². The first-order valence-corrected chi connectivity index (χ1v) is 9.73. The molecule has 0 fully saturated rings. The molecule has 0 saturated heterocycles. The van der Waals surface area contributed by atoms with Crippen molar-refractivity contribution in [3.63, 3.8) is 0 Å². The zero-order valence-electron chi connectivity index (χ0n) is 15.2. The molecule has 1 aliphatic heterocycles. The summed E-state index contributed by atoms with van der Waals surface area (Å²) >= 11 is 1.44. The zero-order chi connectivity index (χ0) is 18.8. The van der Waals surface area contributed by atoms with Gasteiger partial charge in [-0.25, -0.2) is 4.68 Å². The number of aromatic nitrogens is 3. The quantitative estimate of drug-likeness (QED) is 0.729. The molecule has 0 aliphatic carbocycles. The summed E-state index contributed by atoms with van der Waals surface area (Å²) in [5.74, 6) is 0.755. The van der Waals surface area contributed by atoms with Gasteiger partial charge in [-0.3, -0.25) is 4.79 Å². The molecule has 4 rings (SSSR count). The molecular formula is C20H21N5OS. The van der Waals surface area contributed by atoms with Crippen molar-refractivity contribution in [3.8, 4) is 0 Å². The number of rotatable bonds is 4. The van der Waals surface area contributed by atoms with Gasteiger partial charge >= 0.3 is 0 Å². The van der Waals surface area contributed by atoms with Gasteiger partial charge in [0, 0.05) is 6.54 Å². The monoisotopic (exact) mass is 379 g/mol. The summed E-state index contributed by atoms with van der Waals surface area (Å²) in [6.45, 7) is 4.45. The second-order valence-electron chi connectivity index (χ2n) is 6.62. The molecule has 1 amide bonds. The average molecular weight is 379 g/mol. The smallest absolute Gasteiger partial charge is 0.236 e. The molecule has 0 radical (unpaired) electrons. The van der Waals surface area contributed by atoms with E-state index in [-0.39, 0.29) is 17.2 Å². The maximum absolute atomic E-state index is 13.0. The van der Waals surface area contributed by atoms with Crippen molar-refractivity contribution in [2.45, 2.75) is 36.8 Å². The second-order valence-corrected chi connectivity index (χ2v) is 7.73. The summed E-state index contributed by atoms with van der Waals surface area (Å²) < 4.78 is 1.85. The standard InChI is InChI=1S/C20H21N5OS/c1-13-8-10-15(11-9-13)12-21-19(26)18-17(16-6-4-3-5-7-16)24-25-14(2)22-23-20(25)27-18/h3-11,17-18,24H,12H2,1-2H3,(H,21,26)/t17-,18-/m0/s1. The van der Waals surface area contributed by atoms with Gasteiger partial charge in [-0.15, -0.1) is 10.2 Å². The number of thioether (sulfide) groups is 1. The van der Waals surface area contributed by atoms with E-state index in [1.807, 2.05) is 54.1 Å². The minimum absolute atomic E-state index is 0.0196. The van der Waals surface area contributed by atoms with Crippen molar-refractivity contribution in [2.75, 3.05) is 5.43 Å². The van der Waals surface area contributed by atoms with Crippen LogP contribution in [0.15, 0.2) is 59.8 Å². The Hall–Kier alpha value is -2.80. The van der Waals surface area contributed by atoms with Gasteiger partial charge in [0.2, 0.25) is 11.1 Å². The van der Waals surface area contributed by atoms with Crippen LogP contribution in [0.25, 0.3) is 0 Å². The molecule has 6 nitrogen and oxygen atoms in total. The number of nitrogens with one attached hydrogen (secondary N) is 2. The molecule has 1 aliphatic rings. The Morgan fingerprint density at radius 3 is 2.59 bits per heavy atom. The van der Waals surface area contributed by atoms with Crippen LogP contribution in [0.2, 0.25) is 0 Å². The van der Waals surface area contributed by atoms with Crippen LogP contribution >= 0.6 is 11.8 Å². The highest BCUT2D eigenvalue weighted by molar-refractivity contribution is 8.00. The molecule has 0 bridgehead atoms. The van der Waals surface area contributed by atoms with Gasteiger partial charge in [0.05, 0.1) is 6.04 Å². The summed E-state index contributed by atoms with van der Waals surface area (Å²) in [6.07, 6.45) is 0. The Balaban J connectivity index is 1.56. The van der Waals surface area contributed by atoms with E-state index in [1.54, 1.807) is 0 Å². The Morgan fingerprint density at radius 2 is 1.85 bits per heavy atom. The van der Waals surface area contributed by atoms with Crippen LogP contribution in [0.5, 0.6) is 0 Å². The summed E-state index contributed by atoms with van der Waals surface area (Å²) in [5, 5.41) is 11.7. The third-order valence-electron chi connectivity index (χ3n) is 4.60. The number of amides is 1. The Labute approximate surface area is 162 Å². The molecule has 138 valence electrons. The number of nitrogens with zero attached hydrogens (tertiary/aromatic N) is 3. The number of carbonyl (C=O) groups excluding carboxylic acids is 1. The van der Waals surface area contributed by atoms with Crippen molar-refractivity contribution in [2.24, 2.45) is 0 Å². The lowest BCUT2D eigenvalue weighted by molar-refractivity contribution is -0.121. The van der Waals surface area contributed by atoms with Gasteiger partial charge in [-0.1, -0.05) is 71.9 Å². The van der Waals surface area contributed by atoms with Crippen molar-refractivity contribution in [3.05, 3.63) is 77.1 Å². The van der Waals surface area contributed by atoms with E-state index in [0.717, 1.165) is 17.0 Å². The fourth-order valence-corrected chi connectivity index (χ4v) is 4.22. The third-order valence-corrected chi connectivity index (χ3v) is 5.82. The van der Waals surface area contributed by atoms with Crippen LogP contribution in [-0.2, 0) is 11.3 Å². The lowest BCUT2D eigenvalue weighted by Crippen LogP contribution is -2.44. The van der Waals surface area contributed by atoms with Gasteiger partial charge in [0.15, 0.2) is 0 Å². The van der Waals surface area contributed by atoms with Crippen LogP contribution in [0.1, 0.15) is 28.6 Å². The molecule has 2 aromatic carbocycles. The number of hydrogen-bond acceptors (Lipinski definition) is 5. The van der Waals surface area contributed by atoms with E-state index in [9.17, 15) is 4.79 Å². The van der Waals surface area contributed by atoms with Crippen LogP contribution in [-0.4, -0.2) is 26.0 Å². The molecule has 2 heterocycles. The van der Waals surface area contributed by atoms with Crippen LogP contribution in [0, 0.1) is 13.8 Å². The van der Waals surface area contributed by atoms with Crippen molar-refractivity contribution in [1.29, 1.82) is 0 Å². The minimum atomic E-state index is -0.339. The number of aryl methyl sites for hydroxylation is 2. The normalized spacial score (nSPS) is 18.4. The summed E-state index contributed by atoms with van der Waals surface area (Å²) in [4.78, 5) is 13.0. The first-order valence-electron chi connectivity index (χ1n) is 8.85. The molecular weight excluding hydrogens is 358 g/mol. The molecule has 0 spiro atoms. The third kappa shape index (κ3) is 3.68. The fourth-order valence-electron chi connectivity index (χ4n) is 3.07. The topological polar surface area (TPSA) is 71.8 Å². The Morgan fingerprint density at radius 1 is 1.11 bits per heavy atom. The predicted octanol–water partition coefficient (Wildman–Crippen LogP) is 2.97. The van der Waals surface area contributed by atoms with Gasteiger partial charge in [0.25, 0.3) is 0 Å². The molecule has 27 heavy (non-hydrogen) atoms. The van der Waals surface area contributed by atoms with Crippen molar-refractivity contribution < 1.29 is 4.79 Å². The fraction of sp³-hybridized carbons (Fsp3) is 0.250. The maximum atomic E-state index is 13.0. The largest absolute Gasteiger partial charge is 0.351 e. The molecule has 7 heteroatoms. The summed E-state index contributed by atoms with van der Waals surface area (Å²) in [7, 11) is 0. The highest BCUT2D eigenvalue weighted by Crippen LogP contribution is 2.36. The number of carbonyl (C=O) groups is 1. The zero-order valence-corrected chi connectivity index (χ0v) is 16.0. The first kappa shape index (κ1) is 17.6. The van der Waals surface area contributed by atoms with Crippen molar-refractivity contribution >= 4 is 17.7 Å². The first-order chi connectivity index (χ1) is 13.1. The molecule has 1 aromatic heterocycles. The van der Waals surface area contributed by atoms with E-state index in [1.165, 1.54) is 17.3 Å². The van der Waals surface area contributed by atoms with E-state index in [0.29, 0.717) is 11.7 Å². The van der Waals surface area contributed by atoms with Crippen molar-refractivity contribution in [1.82, 2.24) is 20.2 Å². The predicted molar refractivity (Wildman–Crippen MR) is 106 cm³/mol. The van der Waals surface area contributed by atoms with Gasteiger partial charge in [0.1, 0.15) is 11.1 Å². The summed E-state index contributed by atoms with van der Waals surface area (Å²) in [5.41, 5.74) is 6.75. The van der Waals surface area contributed by atoms with Gasteiger partial charge in [-0.2, -0.15) is 0 Å². The van der Waals surface area contributed by atoms with E-state index >= 15 is 0 Å². The Kier molecular flexibility index (Phi) is 4.85.